The molecule has 2 aliphatic carbocycles. The predicted molar refractivity (Wildman–Crippen MR) is 130 cm³/mol. The molecule has 0 bridgehead atoms. The molecule has 2 N–H and O–H groups in total. The molecule has 2 heterocycles. The van der Waals surface area contributed by atoms with Crippen LogP contribution in [0.4, 0.5) is 24.7 Å². The Kier molecular flexibility index (Phi) is 6.38. The number of rotatable bonds is 8. The number of benzene rings is 1. The smallest absolute Gasteiger partial charge is 0.392 e. The number of carbonyl (C=O) groups excluding carboxylic acids is 1. The van der Waals surface area contributed by atoms with Crippen molar-refractivity contribution in [2.75, 3.05) is 29.9 Å². The second-order valence-electron chi connectivity index (χ2n) is 9.99. The first-order chi connectivity index (χ1) is 17.0. The van der Waals surface area contributed by atoms with Gasteiger partial charge in [0, 0.05) is 29.3 Å². The van der Waals surface area contributed by atoms with Crippen molar-refractivity contribution in [1.29, 1.82) is 4.78 Å². The van der Waals surface area contributed by atoms with Crippen LogP contribution < -0.4 is 15.0 Å². The van der Waals surface area contributed by atoms with Crippen LogP contribution in [-0.2, 0) is 9.73 Å². The van der Waals surface area contributed by atoms with Crippen molar-refractivity contribution >= 4 is 27.1 Å². The van der Waals surface area contributed by atoms with E-state index in [4.69, 9.17) is 9.52 Å². The Bertz CT molecular complexity index is 1250. The number of aromatic nitrogens is 1. The molecule has 36 heavy (non-hydrogen) atoms. The fourth-order valence-corrected chi connectivity index (χ4v) is 6.41. The van der Waals surface area contributed by atoms with E-state index < -0.39 is 34.8 Å². The molecule has 7 nitrogen and oxygen atoms in total. The van der Waals surface area contributed by atoms with Crippen molar-refractivity contribution < 1.29 is 26.9 Å². The molecule has 194 valence electrons. The topological polar surface area (TPSA) is 95.4 Å². The minimum atomic E-state index is -4.33. The number of piperidine rings is 1. The third kappa shape index (κ3) is 5.61. The largest absolute Gasteiger partial charge is 0.477 e. The summed E-state index contributed by atoms with van der Waals surface area (Å²) in [5, 5.41) is 2.58. The average molecular weight is 523 g/mol. The van der Waals surface area contributed by atoms with Crippen LogP contribution in [0, 0.1) is 10.2 Å². The Morgan fingerprint density at radius 3 is 2.53 bits per heavy atom. The number of ether oxygens (including phenoxy) is 1. The van der Waals surface area contributed by atoms with E-state index >= 15 is 0 Å². The van der Waals surface area contributed by atoms with Crippen LogP contribution in [0.5, 0.6) is 5.88 Å². The molecule has 5 rings (SSSR count). The Morgan fingerprint density at radius 2 is 1.89 bits per heavy atom. The zero-order chi connectivity index (χ0) is 25.6. The minimum Gasteiger partial charge on any atom is -0.477 e. The number of pyridine rings is 1. The highest BCUT2D eigenvalue weighted by Gasteiger charge is 2.45. The lowest BCUT2D eigenvalue weighted by Crippen LogP contribution is -2.36. The van der Waals surface area contributed by atoms with Crippen LogP contribution in [-0.4, -0.2) is 46.2 Å². The number of anilines is 2. The van der Waals surface area contributed by atoms with Crippen LogP contribution in [0.3, 0.4) is 0 Å². The van der Waals surface area contributed by atoms with E-state index in [-0.39, 0.29) is 16.9 Å². The van der Waals surface area contributed by atoms with Crippen LogP contribution in [0.25, 0.3) is 0 Å². The molecule has 1 aromatic carbocycles. The number of carbonyl (C=O) groups is 1. The van der Waals surface area contributed by atoms with E-state index in [9.17, 15) is 22.2 Å². The first-order valence-electron chi connectivity index (χ1n) is 12.2. The monoisotopic (exact) mass is 522 g/mol. The Hall–Kier alpha value is -2.82. The third-order valence-corrected chi connectivity index (χ3v) is 9.64. The van der Waals surface area contributed by atoms with E-state index in [1.165, 1.54) is 25.0 Å². The van der Waals surface area contributed by atoms with Gasteiger partial charge in [0.1, 0.15) is 5.82 Å². The number of nitrogens with zero attached hydrogens (tertiary/aromatic N) is 2. The summed E-state index contributed by atoms with van der Waals surface area (Å²) in [4.78, 5) is 20.0. The zero-order valence-electron chi connectivity index (χ0n) is 19.8. The summed E-state index contributed by atoms with van der Waals surface area (Å²) in [6.45, 7) is 1.00. The van der Waals surface area contributed by atoms with E-state index in [0.29, 0.717) is 21.6 Å². The third-order valence-electron chi connectivity index (χ3n) is 7.28. The Morgan fingerprint density at radius 1 is 1.17 bits per heavy atom. The van der Waals surface area contributed by atoms with Crippen LogP contribution in [0.1, 0.15) is 55.3 Å². The lowest BCUT2D eigenvalue weighted by atomic mass is 9.93. The van der Waals surface area contributed by atoms with Gasteiger partial charge in [0.25, 0.3) is 5.91 Å². The maximum atomic E-state index is 13.3. The fraction of sp³-hybridized carbons (Fsp3) is 0.520. The SMILES string of the molecule is N=[S@@](=O)(c1ccc(C(=O)Nc2cccc(OCCC(F)(F)F)n2)c(N2CCC3(CC2)CC3)c1)C1CC1. The number of hydrogen-bond acceptors (Lipinski definition) is 6. The van der Waals surface area contributed by atoms with Crippen molar-refractivity contribution in [3.63, 3.8) is 0 Å². The summed E-state index contributed by atoms with van der Waals surface area (Å²) in [5.74, 6) is -0.305. The molecule has 1 saturated heterocycles. The molecule has 1 aliphatic heterocycles. The van der Waals surface area contributed by atoms with Gasteiger partial charge in [0.15, 0.2) is 0 Å². The highest BCUT2D eigenvalue weighted by molar-refractivity contribution is 7.93. The van der Waals surface area contributed by atoms with Crippen LogP contribution in [0.15, 0.2) is 41.3 Å². The van der Waals surface area contributed by atoms with Gasteiger partial charge in [-0.05, 0) is 68.2 Å². The average Bonchev–Trinajstić information content (AvgIpc) is 3.75. The van der Waals surface area contributed by atoms with E-state index in [0.717, 1.165) is 38.8 Å². The van der Waals surface area contributed by atoms with Crippen LogP contribution >= 0.6 is 0 Å². The molecule has 2 aromatic rings. The van der Waals surface area contributed by atoms with Gasteiger partial charge in [0.05, 0.1) is 34.0 Å². The standard InChI is InChI=1S/C25H29F3N4O3S/c26-25(27,28)12-15-35-22-3-1-2-21(30-22)31-23(33)19-7-6-18(36(29,34)17-4-5-17)16-20(19)32-13-10-24(8-9-24)11-14-32/h1-3,6-7,16-17,29H,4-5,8-15H2,(H,30,31,33)/t36-/m0/s1. The van der Waals surface area contributed by atoms with Gasteiger partial charge < -0.3 is 15.0 Å². The summed E-state index contributed by atoms with van der Waals surface area (Å²) in [5.41, 5.74) is 1.46. The number of amides is 1. The maximum Gasteiger partial charge on any atom is 0.392 e. The number of nitrogens with one attached hydrogen (secondary N) is 2. The molecule has 1 spiro atoms. The molecular formula is C25H29F3N4O3S. The predicted octanol–water partition coefficient (Wildman–Crippen LogP) is 5.61. The first-order valence-corrected chi connectivity index (χ1v) is 13.8. The lowest BCUT2D eigenvalue weighted by molar-refractivity contribution is -0.139. The molecule has 0 radical (unpaired) electrons. The van der Waals surface area contributed by atoms with Gasteiger partial charge >= 0.3 is 6.18 Å². The van der Waals surface area contributed by atoms with E-state index in [2.05, 4.69) is 15.2 Å². The molecule has 1 atom stereocenters. The van der Waals surface area contributed by atoms with Gasteiger partial charge in [-0.15, -0.1) is 0 Å². The maximum absolute atomic E-state index is 13.3. The minimum absolute atomic E-state index is 0.0169. The first kappa shape index (κ1) is 24.9. The summed E-state index contributed by atoms with van der Waals surface area (Å²) in [6, 6.07) is 9.45. The molecule has 2 saturated carbocycles. The highest BCUT2D eigenvalue weighted by atomic mass is 32.2. The summed E-state index contributed by atoms with van der Waals surface area (Å²) >= 11 is 0. The second kappa shape index (κ2) is 9.24. The number of halogens is 3. The van der Waals surface area contributed by atoms with Crippen molar-refractivity contribution in [1.82, 2.24) is 4.98 Å². The van der Waals surface area contributed by atoms with Gasteiger partial charge in [-0.25, -0.2) is 8.99 Å². The van der Waals surface area contributed by atoms with E-state index in [1.807, 2.05) is 0 Å². The van der Waals surface area contributed by atoms with Crippen LogP contribution in [0.2, 0.25) is 0 Å². The number of hydrogen-bond donors (Lipinski definition) is 2. The highest BCUT2D eigenvalue weighted by Crippen LogP contribution is 2.54. The zero-order valence-corrected chi connectivity index (χ0v) is 20.6. The van der Waals surface area contributed by atoms with Gasteiger partial charge in [-0.1, -0.05) is 6.07 Å². The molecule has 3 aliphatic rings. The Labute approximate surface area is 208 Å². The summed E-state index contributed by atoms with van der Waals surface area (Å²) < 4.78 is 63.8. The van der Waals surface area contributed by atoms with Crippen molar-refractivity contribution in [3.8, 4) is 5.88 Å². The summed E-state index contributed by atoms with van der Waals surface area (Å²) in [7, 11) is -2.93. The molecule has 0 unspecified atom stereocenters. The van der Waals surface area contributed by atoms with Crippen molar-refractivity contribution in [2.45, 2.75) is 61.3 Å². The molecular weight excluding hydrogens is 493 g/mol. The van der Waals surface area contributed by atoms with Gasteiger partial charge in [-0.3, -0.25) is 4.79 Å². The Balaban J connectivity index is 1.36. The quantitative estimate of drug-likeness (QED) is 0.470. The fourth-order valence-electron chi connectivity index (χ4n) is 4.66. The van der Waals surface area contributed by atoms with Crippen molar-refractivity contribution in [2.24, 2.45) is 5.41 Å². The molecule has 3 fully saturated rings. The number of alkyl halides is 3. The van der Waals surface area contributed by atoms with Gasteiger partial charge in [0.2, 0.25) is 5.88 Å². The normalized spacial score (nSPS) is 20.6. The second-order valence-corrected chi connectivity index (χ2v) is 12.3. The van der Waals surface area contributed by atoms with Gasteiger partial charge in [-0.2, -0.15) is 18.2 Å². The van der Waals surface area contributed by atoms with Crippen molar-refractivity contribution in [3.05, 3.63) is 42.0 Å². The molecule has 11 heteroatoms. The summed E-state index contributed by atoms with van der Waals surface area (Å²) in [6.07, 6.45) is 0.680. The lowest BCUT2D eigenvalue weighted by Gasteiger charge is -2.35. The van der Waals surface area contributed by atoms with E-state index in [1.54, 1.807) is 24.3 Å². The molecule has 1 aromatic heterocycles. The molecule has 1 amide bonds.